The van der Waals surface area contributed by atoms with Crippen LogP contribution in [0.2, 0.25) is 0 Å². The van der Waals surface area contributed by atoms with Crippen LogP contribution in [0.25, 0.3) is 10.9 Å². The van der Waals surface area contributed by atoms with E-state index in [-0.39, 0.29) is 24.5 Å². The van der Waals surface area contributed by atoms with Gasteiger partial charge >= 0.3 is 0 Å². The first-order chi connectivity index (χ1) is 10.7. The fourth-order valence-electron chi connectivity index (χ4n) is 2.61. The van der Waals surface area contributed by atoms with Gasteiger partial charge < -0.3 is 20.4 Å². The van der Waals surface area contributed by atoms with Crippen LogP contribution in [0, 0.1) is 0 Å². The van der Waals surface area contributed by atoms with Gasteiger partial charge in [0.05, 0.1) is 18.2 Å². The van der Waals surface area contributed by atoms with E-state index in [0.29, 0.717) is 12.1 Å². The summed E-state index contributed by atoms with van der Waals surface area (Å²) >= 11 is 0. The Hall–Kier alpha value is -2.34. The van der Waals surface area contributed by atoms with Crippen LogP contribution in [0.15, 0.2) is 30.5 Å². The fourth-order valence-corrected chi connectivity index (χ4v) is 2.61. The molecule has 1 aromatic heterocycles. The molecule has 2 heterocycles. The molecule has 3 N–H and O–H groups in total. The molecule has 1 saturated heterocycles. The third kappa shape index (κ3) is 3.28. The van der Waals surface area contributed by atoms with Crippen LogP contribution in [-0.2, 0) is 9.53 Å². The van der Waals surface area contributed by atoms with Crippen molar-refractivity contribution >= 4 is 22.7 Å². The van der Waals surface area contributed by atoms with E-state index in [0.717, 1.165) is 30.4 Å². The quantitative estimate of drug-likeness (QED) is 0.776. The van der Waals surface area contributed by atoms with E-state index in [1.807, 2.05) is 24.3 Å². The van der Waals surface area contributed by atoms with Gasteiger partial charge in [0.15, 0.2) is 0 Å². The van der Waals surface area contributed by atoms with Crippen molar-refractivity contribution < 1.29 is 14.3 Å². The number of aromatic nitrogens is 1. The normalized spacial score (nSPS) is 17.5. The third-order valence-corrected chi connectivity index (χ3v) is 3.79. The highest BCUT2D eigenvalue weighted by atomic mass is 16.5. The zero-order valence-electron chi connectivity index (χ0n) is 12.2. The second kappa shape index (κ2) is 6.62. The lowest BCUT2D eigenvalue weighted by molar-refractivity contribution is -0.120. The SMILES string of the molecule is O=C(CNC(=O)c1c[nH]c2ccccc12)NC[C@@H]1CCCO1. The minimum absolute atomic E-state index is 0.0366. The molecule has 6 nitrogen and oxygen atoms in total. The Morgan fingerprint density at radius 3 is 2.95 bits per heavy atom. The highest BCUT2D eigenvalue weighted by Gasteiger charge is 2.17. The summed E-state index contributed by atoms with van der Waals surface area (Å²) in [5, 5.41) is 6.26. The Morgan fingerprint density at radius 2 is 2.14 bits per heavy atom. The van der Waals surface area contributed by atoms with E-state index in [2.05, 4.69) is 15.6 Å². The average molecular weight is 301 g/mol. The third-order valence-electron chi connectivity index (χ3n) is 3.79. The van der Waals surface area contributed by atoms with Gasteiger partial charge in [-0.05, 0) is 18.9 Å². The van der Waals surface area contributed by atoms with Gasteiger partial charge in [-0.3, -0.25) is 9.59 Å². The Morgan fingerprint density at radius 1 is 1.27 bits per heavy atom. The smallest absolute Gasteiger partial charge is 0.253 e. The summed E-state index contributed by atoms with van der Waals surface area (Å²) in [5.41, 5.74) is 1.44. The molecule has 1 aliphatic heterocycles. The predicted molar refractivity (Wildman–Crippen MR) is 82.6 cm³/mol. The van der Waals surface area contributed by atoms with Gasteiger partial charge in [0.2, 0.25) is 5.91 Å². The van der Waals surface area contributed by atoms with E-state index < -0.39 is 0 Å². The number of ether oxygens (including phenoxy) is 1. The summed E-state index contributed by atoms with van der Waals surface area (Å²) in [6, 6.07) is 7.55. The second-order valence-electron chi connectivity index (χ2n) is 5.37. The lowest BCUT2D eigenvalue weighted by Gasteiger charge is -2.11. The molecule has 1 fully saturated rings. The molecule has 0 bridgehead atoms. The summed E-state index contributed by atoms with van der Waals surface area (Å²) < 4.78 is 5.43. The molecular formula is C16H19N3O3. The van der Waals surface area contributed by atoms with Crippen molar-refractivity contribution in [2.24, 2.45) is 0 Å². The number of rotatable bonds is 5. The lowest BCUT2D eigenvalue weighted by Crippen LogP contribution is -2.39. The molecule has 116 valence electrons. The molecule has 1 aromatic carbocycles. The Labute approximate surface area is 128 Å². The number of hydrogen-bond acceptors (Lipinski definition) is 3. The number of H-pyrrole nitrogens is 1. The molecule has 6 heteroatoms. The van der Waals surface area contributed by atoms with Gasteiger partial charge in [-0.2, -0.15) is 0 Å². The van der Waals surface area contributed by atoms with Crippen molar-refractivity contribution in [3.05, 3.63) is 36.0 Å². The van der Waals surface area contributed by atoms with Gasteiger partial charge in [-0.15, -0.1) is 0 Å². The standard InChI is InChI=1S/C16H19N3O3/c20-15(18-8-11-4-3-7-22-11)10-19-16(21)13-9-17-14-6-2-1-5-12(13)14/h1-2,5-6,9,11,17H,3-4,7-8,10H2,(H,18,20)(H,19,21)/t11-/m0/s1. The number of amides is 2. The minimum atomic E-state index is -0.260. The number of carbonyl (C=O) groups is 2. The second-order valence-corrected chi connectivity index (χ2v) is 5.37. The minimum Gasteiger partial charge on any atom is -0.376 e. The maximum Gasteiger partial charge on any atom is 0.253 e. The number of benzene rings is 1. The number of aromatic amines is 1. The van der Waals surface area contributed by atoms with Crippen molar-refractivity contribution in [1.29, 1.82) is 0 Å². The molecule has 22 heavy (non-hydrogen) atoms. The van der Waals surface area contributed by atoms with Crippen molar-refractivity contribution in [1.82, 2.24) is 15.6 Å². The Bertz CT molecular complexity index is 674. The van der Waals surface area contributed by atoms with E-state index in [1.54, 1.807) is 6.20 Å². The topological polar surface area (TPSA) is 83.2 Å². The zero-order valence-corrected chi connectivity index (χ0v) is 12.2. The summed E-state index contributed by atoms with van der Waals surface area (Å²) in [6.45, 7) is 1.23. The maximum atomic E-state index is 12.1. The van der Waals surface area contributed by atoms with Crippen LogP contribution >= 0.6 is 0 Å². The molecule has 0 radical (unpaired) electrons. The molecular weight excluding hydrogens is 282 g/mol. The first-order valence-electron chi connectivity index (χ1n) is 7.46. The van der Waals surface area contributed by atoms with Crippen LogP contribution < -0.4 is 10.6 Å². The summed E-state index contributed by atoms with van der Waals surface area (Å²) in [7, 11) is 0. The van der Waals surface area contributed by atoms with E-state index in [4.69, 9.17) is 4.74 Å². The van der Waals surface area contributed by atoms with Crippen molar-refractivity contribution in [3.8, 4) is 0 Å². The maximum absolute atomic E-state index is 12.1. The number of para-hydroxylation sites is 1. The van der Waals surface area contributed by atoms with Crippen molar-refractivity contribution in [3.63, 3.8) is 0 Å². The van der Waals surface area contributed by atoms with Crippen LogP contribution in [0.4, 0.5) is 0 Å². The molecule has 1 aliphatic rings. The molecule has 0 saturated carbocycles. The van der Waals surface area contributed by atoms with Gasteiger partial charge in [0.1, 0.15) is 0 Å². The summed E-state index contributed by atoms with van der Waals surface area (Å²) in [4.78, 5) is 26.9. The van der Waals surface area contributed by atoms with Gasteiger partial charge in [-0.1, -0.05) is 18.2 Å². The summed E-state index contributed by atoms with van der Waals surface area (Å²) in [5.74, 6) is -0.464. The van der Waals surface area contributed by atoms with Crippen LogP contribution in [-0.4, -0.2) is 42.6 Å². The molecule has 3 rings (SSSR count). The average Bonchev–Trinajstić information content (AvgIpc) is 3.19. The molecule has 0 unspecified atom stereocenters. The van der Waals surface area contributed by atoms with Crippen LogP contribution in [0.5, 0.6) is 0 Å². The van der Waals surface area contributed by atoms with Gasteiger partial charge in [0.25, 0.3) is 5.91 Å². The first-order valence-corrected chi connectivity index (χ1v) is 7.46. The van der Waals surface area contributed by atoms with Gasteiger partial charge in [-0.25, -0.2) is 0 Å². The first kappa shape index (κ1) is 14.6. The van der Waals surface area contributed by atoms with Crippen molar-refractivity contribution in [2.45, 2.75) is 18.9 Å². The summed E-state index contributed by atoms with van der Waals surface area (Å²) in [6.07, 6.45) is 3.78. The van der Waals surface area contributed by atoms with Crippen LogP contribution in [0.3, 0.4) is 0 Å². The van der Waals surface area contributed by atoms with Crippen LogP contribution in [0.1, 0.15) is 23.2 Å². The Balaban J connectivity index is 1.50. The van der Waals surface area contributed by atoms with E-state index >= 15 is 0 Å². The predicted octanol–water partition coefficient (Wildman–Crippen LogP) is 1.19. The number of hydrogen-bond donors (Lipinski definition) is 3. The zero-order chi connectivity index (χ0) is 15.4. The van der Waals surface area contributed by atoms with E-state index in [1.165, 1.54) is 0 Å². The highest BCUT2D eigenvalue weighted by Crippen LogP contribution is 2.17. The monoisotopic (exact) mass is 301 g/mol. The molecule has 1 atom stereocenters. The molecule has 2 aromatic rings. The molecule has 0 spiro atoms. The van der Waals surface area contributed by atoms with Gasteiger partial charge in [0, 0.05) is 30.3 Å². The fraction of sp³-hybridized carbons (Fsp3) is 0.375. The Kier molecular flexibility index (Phi) is 4.39. The lowest BCUT2D eigenvalue weighted by atomic mass is 10.1. The van der Waals surface area contributed by atoms with E-state index in [9.17, 15) is 9.59 Å². The number of nitrogens with one attached hydrogen (secondary N) is 3. The van der Waals surface area contributed by atoms with Crippen molar-refractivity contribution in [2.75, 3.05) is 19.7 Å². The largest absolute Gasteiger partial charge is 0.376 e. The molecule has 0 aliphatic carbocycles. The highest BCUT2D eigenvalue weighted by molar-refractivity contribution is 6.07. The molecule has 2 amide bonds. The number of carbonyl (C=O) groups excluding carboxylic acids is 2. The number of fused-ring (bicyclic) bond motifs is 1.